The second-order valence-electron chi connectivity index (χ2n) is 4.93. The second kappa shape index (κ2) is 5.49. The molecule has 1 aliphatic rings. The van der Waals surface area contributed by atoms with E-state index < -0.39 is 0 Å². The van der Waals surface area contributed by atoms with Gasteiger partial charge in [-0.05, 0) is 43.2 Å². The summed E-state index contributed by atoms with van der Waals surface area (Å²) in [5.74, 6) is 1.70. The third-order valence-corrected chi connectivity index (χ3v) is 3.80. The van der Waals surface area contributed by atoms with E-state index in [9.17, 15) is 0 Å². The standard InChI is InChI=1S/C15H23N/c1-3-14(4-2)16-11-13-10-15(13)12-8-6-5-7-9-12/h5-9,13-16H,3-4,10-11H2,1-2H3. The predicted molar refractivity (Wildman–Crippen MR) is 69.7 cm³/mol. The molecule has 2 unspecified atom stereocenters. The largest absolute Gasteiger partial charge is 0.314 e. The first-order valence-electron chi connectivity index (χ1n) is 6.63. The lowest BCUT2D eigenvalue weighted by molar-refractivity contribution is 0.469. The highest BCUT2D eigenvalue weighted by atomic mass is 14.9. The number of nitrogens with one attached hydrogen (secondary N) is 1. The van der Waals surface area contributed by atoms with Crippen molar-refractivity contribution >= 4 is 0 Å². The fraction of sp³-hybridized carbons (Fsp3) is 0.600. The predicted octanol–water partition coefficient (Wildman–Crippen LogP) is 3.57. The Morgan fingerprint density at radius 1 is 1.19 bits per heavy atom. The molecule has 2 rings (SSSR count). The quantitative estimate of drug-likeness (QED) is 0.768. The summed E-state index contributed by atoms with van der Waals surface area (Å²) in [7, 11) is 0. The van der Waals surface area contributed by atoms with Gasteiger partial charge in [0.2, 0.25) is 0 Å². The van der Waals surface area contributed by atoms with Crippen molar-refractivity contribution in [2.45, 2.75) is 45.1 Å². The number of hydrogen-bond acceptors (Lipinski definition) is 1. The molecule has 0 spiro atoms. The van der Waals surface area contributed by atoms with Crippen LogP contribution >= 0.6 is 0 Å². The number of hydrogen-bond donors (Lipinski definition) is 1. The van der Waals surface area contributed by atoms with Crippen molar-refractivity contribution in [2.75, 3.05) is 6.54 Å². The molecule has 2 atom stereocenters. The van der Waals surface area contributed by atoms with Crippen LogP contribution in [0.4, 0.5) is 0 Å². The lowest BCUT2D eigenvalue weighted by Crippen LogP contribution is -2.29. The van der Waals surface area contributed by atoms with Crippen molar-refractivity contribution in [2.24, 2.45) is 5.92 Å². The molecule has 0 amide bonds. The van der Waals surface area contributed by atoms with Crippen molar-refractivity contribution in [3.05, 3.63) is 35.9 Å². The van der Waals surface area contributed by atoms with Crippen LogP contribution < -0.4 is 5.32 Å². The Labute approximate surface area is 99.3 Å². The van der Waals surface area contributed by atoms with Gasteiger partial charge in [0.1, 0.15) is 0 Å². The molecular weight excluding hydrogens is 194 g/mol. The Bertz CT molecular complexity index is 302. The maximum Gasteiger partial charge on any atom is 0.00619 e. The zero-order valence-electron chi connectivity index (χ0n) is 10.4. The average molecular weight is 217 g/mol. The molecule has 1 saturated carbocycles. The summed E-state index contributed by atoms with van der Waals surface area (Å²) in [4.78, 5) is 0. The van der Waals surface area contributed by atoms with Gasteiger partial charge in [0.05, 0.1) is 0 Å². The maximum atomic E-state index is 3.68. The molecule has 16 heavy (non-hydrogen) atoms. The normalized spacial score (nSPS) is 23.7. The molecule has 0 bridgehead atoms. The topological polar surface area (TPSA) is 12.0 Å². The van der Waals surface area contributed by atoms with Crippen molar-refractivity contribution in [3.8, 4) is 0 Å². The zero-order chi connectivity index (χ0) is 11.4. The van der Waals surface area contributed by atoms with E-state index in [0.29, 0.717) is 0 Å². The summed E-state index contributed by atoms with van der Waals surface area (Å²) in [6.45, 7) is 5.73. The van der Waals surface area contributed by atoms with E-state index in [4.69, 9.17) is 0 Å². The summed E-state index contributed by atoms with van der Waals surface area (Å²) < 4.78 is 0. The SMILES string of the molecule is CCC(CC)NCC1CC1c1ccccc1. The van der Waals surface area contributed by atoms with Gasteiger partial charge in [-0.15, -0.1) is 0 Å². The third-order valence-electron chi connectivity index (χ3n) is 3.80. The monoisotopic (exact) mass is 217 g/mol. The highest BCUT2D eigenvalue weighted by molar-refractivity contribution is 5.25. The Morgan fingerprint density at radius 3 is 2.50 bits per heavy atom. The highest BCUT2D eigenvalue weighted by Gasteiger charge is 2.37. The van der Waals surface area contributed by atoms with Crippen LogP contribution in [0, 0.1) is 5.92 Å². The maximum absolute atomic E-state index is 3.68. The fourth-order valence-corrected chi connectivity index (χ4v) is 2.48. The van der Waals surface area contributed by atoms with Crippen LogP contribution in [0.25, 0.3) is 0 Å². The summed E-state index contributed by atoms with van der Waals surface area (Å²) in [6, 6.07) is 11.7. The van der Waals surface area contributed by atoms with Crippen molar-refractivity contribution in [3.63, 3.8) is 0 Å². The van der Waals surface area contributed by atoms with E-state index in [1.807, 2.05) is 0 Å². The zero-order valence-corrected chi connectivity index (χ0v) is 10.4. The Morgan fingerprint density at radius 2 is 1.88 bits per heavy atom. The van der Waals surface area contributed by atoms with Gasteiger partial charge in [-0.3, -0.25) is 0 Å². The summed E-state index contributed by atoms with van der Waals surface area (Å²) >= 11 is 0. The molecule has 1 nitrogen and oxygen atoms in total. The minimum Gasteiger partial charge on any atom is -0.314 e. The second-order valence-corrected chi connectivity index (χ2v) is 4.93. The fourth-order valence-electron chi connectivity index (χ4n) is 2.48. The molecule has 0 aliphatic heterocycles. The molecule has 0 saturated heterocycles. The van der Waals surface area contributed by atoms with E-state index in [1.165, 1.54) is 31.4 Å². The minimum absolute atomic E-state index is 0.719. The van der Waals surface area contributed by atoms with Crippen molar-refractivity contribution < 1.29 is 0 Å². The molecule has 1 aromatic rings. The number of rotatable bonds is 6. The van der Waals surface area contributed by atoms with Gasteiger partial charge in [0.15, 0.2) is 0 Å². The van der Waals surface area contributed by atoms with Crippen LogP contribution in [0.1, 0.15) is 44.6 Å². The molecule has 1 N–H and O–H groups in total. The molecule has 1 heteroatoms. The van der Waals surface area contributed by atoms with Crippen LogP contribution in [0.2, 0.25) is 0 Å². The van der Waals surface area contributed by atoms with Crippen molar-refractivity contribution in [1.29, 1.82) is 0 Å². The molecule has 88 valence electrons. The Balaban J connectivity index is 1.75. The Kier molecular flexibility index (Phi) is 4.00. The molecule has 1 aromatic carbocycles. The van der Waals surface area contributed by atoms with Crippen LogP contribution in [0.3, 0.4) is 0 Å². The first-order valence-corrected chi connectivity index (χ1v) is 6.63. The lowest BCUT2D eigenvalue weighted by atomic mass is 10.1. The van der Waals surface area contributed by atoms with E-state index in [2.05, 4.69) is 49.5 Å². The molecule has 0 radical (unpaired) electrons. The first-order chi connectivity index (χ1) is 7.85. The summed E-state index contributed by atoms with van der Waals surface area (Å²) in [5, 5.41) is 3.68. The van der Waals surface area contributed by atoms with Gasteiger partial charge >= 0.3 is 0 Å². The number of benzene rings is 1. The molecule has 0 heterocycles. The Hall–Kier alpha value is -0.820. The molecular formula is C15H23N. The van der Waals surface area contributed by atoms with E-state index in [1.54, 1.807) is 0 Å². The van der Waals surface area contributed by atoms with Gasteiger partial charge in [-0.25, -0.2) is 0 Å². The average Bonchev–Trinajstić information content (AvgIpc) is 3.11. The van der Waals surface area contributed by atoms with Gasteiger partial charge < -0.3 is 5.32 Å². The van der Waals surface area contributed by atoms with Gasteiger partial charge in [-0.2, -0.15) is 0 Å². The van der Waals surface area contributed by atoms with E-state index in [0.717, 1.165) is 17.9 Å². The minimum atomic E-state index is 0.719. The summed E-state index contributed by atoms with van der Waals surface area (Å²) in [5.41, 5.74) is 1.53. The van der Waals surface area contributed by atoms with Crippen molar-refractivity contribution in [1.82, 2.24) is 5.32 Å². The van der Waals surface area contributed by atoms with Crippen LogP contribution in [0.15, 0.2) is 30.3 Å². The van der Waals surface area contributed by atoms with Gasteiger partial charge in [0, 0.05) is 6.04 Å². The lowest BCUT2D eigenvalue weighted by Gasteiger charge is -2.14. The van der Waals surface area contributed by atoms with E-state index in [-0.39, 0.29) is 0 Å². The molecule has 1 aliphatic carbocycles. The smallest absolute Gasteiger partial charge is 0.00619 e. The van der Waals surface area contributed by atoms with Gasteiger partial charge in [0.25, 0.3) is 0 Å². The summed E-state index contributed by atoms with van der Waals surface area (Å²) in [6.07, 6.45) is 3.87. The van der Waals surface area contributed by atoms with Crippen LogP contribution in [0.5, 0.6) is 0 Å². The van der Waals surface area contributed by atoms with Crippen LogP contribution in [-0.2, 0) is 0 Å². The molecule has 0 aromatic heterocycles. The van der Waals surface area contributed by atoms with Gasteiger partial charge in [-0.1, -0.05) is 44.2 Å². The van der Waals surface area contributed by atoms with Crippen LogP contribution in [-0.4, -0.2) is 12.6 Å². The van der Waals surface area contributed by atoms with E-state index >= 15 is 0 Å². The first kappa shape index (κ1) is 11.7. The molecule has 1 fully saturated rings. The third kappa shape index (κ3) is 2.85. The highest BCUT2D eigenvalue weighted by Crippen LogP contribution is 2.46.